The molecule has 31 heavy (non-hydrogen) atoms. The SMILES string of the molecule is COc1ccc(C(O[C@H]2CCO[C@@H]2CO)(c2ccccc2)c2ccc(OC)cc2)cc1. The van der Waals surface area contributed by atoms with Gasteiger partial charge in [-0.3, -0.25) is 0 Å². The van der Waals surface area contributed by atoms with Crippen molar-refractivity contribution in [2.75, 3.05) is 27.4 Å². The molecule has 1 aliphatic rings. The van der Waals surface area contributed by atoms with E-state index in [2.05, 4.69) is 12.1 Å². The second kappa shape index (κ2) is 9.52. The van der Waals surface area contributed by atoms with E-state index in [9.17, 15) is 5.11 Å². The first kappa shape index (κ1) is 21.4. The molecule has 3 aromatic carbocycles. The van der Waals surface area contributed by atoms with Crippen LogP contribution in [0.2, 0.25) is 0 Å². The number of hydrogen-bond acceptors (Lipinski definition) is 5. The normalized spacial score (nSPS) is 18.7. The summed E-state index contributed by atoms with van der Waals surface area (Å²) in [6.07, 6.45) is 0.0977. The van der Waals surface area contributed by atoms with E-state index in [-0.39, 0.29) is 18.8 Å². The van der Waals surface area contributed by atoms with Gasteiger partial charge in [0.05, 0.1) is 26.9 Å². The zero-order valence-electron chi connectivity index (χ0n) is 17.9. The van der Waals surface area contributed by atoms with Gasteiger partial charge in [0.2, 0.25) is 0 Å². The third-order valence-corrected chi connectivity index (χ3v) is 5.83. The maximum absolute atomic E-state index is 9.84. The van der Waals surface area contributed by atoms with Crippen LogP contribution in [0.1, 0.15) is 23.1 Å². The van der Waals surface area contributed by atoms with Crippen LogP contribution in [0.3, 0.4) is 0 Å². The molecule has 5 nitrogen and oxygen atoms in total. The molecule has 5 heteroatoms. The Bertz CT molecular complexity index is 906. The minimum absolute atomic E-state index is 0.0826. The van der Waals surface area contributed by atoms with Crippen LogP contribution in [0, 0.1) is 0 Å². The van der Waals surface area contributed by atoms with E-state index in [1.54, 1.807) is 14.2 Å². The number of benzene rings is 3. The smallest absolute Gasteiger partial charge is 0.144 e. The van der Waals surface area contributed by atoms with Crippen molar-refractivity contribution in [3.63, 3.8) is 0 Å². The summed E-state index contributed by atoms with van der Waals surface area (Å²) < 4.78 is 23.4. The van der Waals surface area contributed by atoms with Crippen molar-refractivity contribution < 1.29 is 24.1 Å². The number of ether oxygens (including phenoxy) is 4. The van der Waals surface area contributed by atoms with Crippen molar-refractivity contribution in [2.24, 2.45) is 0 Å². The Balaban J connectivity index is 1.92. The van der Waals surface area contributed by atoms with E-state index in [1.165, 1.54) is 0 Å². The highest BCUT2D eigenvalue weighted by Crippen LogP contribution is 2.44. The summed E-state index contributed by atoms with van der Waals surface area (Å²) in [7, 11) is 3.31. The average Bonchev–Trinajstić information content (AvgIpc) is 3.30. The highest BCUT2D eigenvalue weighted by Gasteiger charge is 2.43. The minimum atomic E-state index is -0.897. The molecular formula is C26H28O5. The number of aliphatic hydroxyl groups excluding tert-OH is 1. The largest absolute Gasteiger partial charge is 0.497 e. The van der Waals surface area contributed by atoms with Crippen LogP contribution in [0.25, 0.3) is 0 Å². The molecule has 162 valence electrons. The summed E-state index contributed by atoms with van der Waals surface area (Å²) in [6, 6.07) is 26.0. The number of hydrogen-bond donors (Lipinski definition) is 1. The first-order valence-electron chi connectivity index (χ1n) is 10.5. The van der Waals surface area contributed by atoms with Crippen LogP contribution in [0.4, 0.5) is 0 Å². The molecule has 1 N–H and O–H groups in total. The lowest BCUT2D eigenvalue weighted by Crippen LogP contribution is -2.40. The second-order valence-electron chi connectivity index (χ2n) is 7.54. The lowest BCUT2D eigenvalue weighted by molar-refractivity contribution is -0.0899. The third kappa shape index (κ3) is 4.17. The van der Waals surface area contributed by atoms with Crippen molar-refractivity contribution in [1.29, 1.82) is 0 Å². The van der Waals surface area contributed by atoms with Crippen LogP contribution >= 0.6 is 0 Å². The van der Waals surface area contributed by atoms with Gasteiger partial charge in [0.1, 0.15) is 23.2 Å². The van der Waals surface area contributed by atoms with Crippen LogP contribution < -0.4 is 9.47 Å². The van der Waals surface area contributed by atoms with Gasteiger partial charge in [0.25, 0.3) is 0 Å². The lowest BCUT2D eigenvalue weighted by atomic mass is 9.79. The summed E-state index contributed by atoms with van der Waals surface area (Å²) in [5, 5.41) is 9.84. The minimum Gasteiger partial charge on any atom is -0.497 e. The van der Waals surface area contributed by atoms with Crippen molar-refractivity contribution in [2.45, 2.75) is 24.2 Å². The molecule has 4 rings (SSSR count). The molecule has 0 spiro atoms. The molecule has 0 aliphatic carbocycles. The molecule has 1 saturated heterocycles. The molecular weight excluding hydrogens is 392 g/mol. The molecule has 1 heterocycles. The average molecular weight is 421 g/mol. The predicted octanol–water partition coefficient (Wildman–Crippen LogP) is 4.16. The van der Waals surface area contributed by atoms with Gasteiger partial charge < -0.3 is 24.1 Å². The van der Waals surface area contributed by atoms with Crippen molar-refractivity contribution in [1.82, 2.24) is 0 Å². The van der Waals surface area contributed by atoms with E-state index in [0.29, 0.717) is 13.0 Å². The zero-order chi connectivity index (χ0) is 21.7. The standard InChI is InChI=1S/C26H28O5/c1-28-22-12-8-20(9-13-22)26(19-6-4-3-5-7-19,21-10-14-23(29-2)15-11-21)31-24-16-17-30-25(24)18-27/h3-15,24-25,27H,16-18H2,1-2H3/t24-,25+/m0/s1. The van der Waals surface area contributed by atoms with E-state index < -0.39 is 5.60 Å². The summed E-state index contributed by atoms with van der Waals surface area (Å²) in [4.78, 5) is 0. The Morgan fingerprint density at radius 3 is 1.81 bits per heavy atom. The fourth-order valence-electron chi connectivity index (χ4n) is 4.19. The molecule has 0 aromatic heterocycles. The first-order valence-corrected chi connectivity index (χ1v) is 10.5. The Kier molecular flexibility index (Phi) is 6.56. The Morgan fingerprint density at radius 1 is 0.806 bits per heavy atom. The zero-order valence-corrected chi connectivity index (χ0v) is 17.9. The predicted molar refractivity (Wildman–Crippen MR) is 119 cm³/mol. The first-order chi connectivity index (χ1) is 15.2. The molecule has 0 bridgehead atoms. The number of aliphatic hydroxyl groups is 1. The summed E-state index contributed by atoms with van der Waals surface area (Å²) in [6.45, 7) is 0.479. The van der Waals surface area contributed by atoms with Crippen LogP contribution in [-0.2, 0) is 15.1 Å². The third-order valence-electron chi connectivity index (χ3n) is 5.83. The topological polar surface area (TPSA) is 57.2 Å². The summed E-state index contributed by atoms with van der Waals surface area (Å²) in [5.41, 5.74) is 2.03. The van der Waals surface area contributed by atoms with Crippen LogP contribution in [0.5, 0.6) is 11.5 Å². The van der Waals surface area contributed by atoms with Crippen molar-refractivity contribution in [3.8, 4) is 11.5 Å². The number of methoxy groups -OCH3 is 2. The van der Waals surface area contributed by atoms with Gasteiger partial charge in [-0.2, -0.15) is 0 Å². The highest BCUT2D eigenvalue weighted by atomic mass is 16.6. The van der Waals surface area contributed by atoms with Gasteiger partial charge in [-0.05, 0) is 47.4 Å². The van der Waals surface area contributed by atoms with Crippen LogP contribution in [0.15, 0.2) is 78.9 Å². The van der Waals surface area contributed by atoms with E-state index in [1.807, 2.05) is 66.7 Å². The second-order valence-corrected chi connectivity index (χ2v) is 7.54. The van der Waals surface area contributed by atoms with E-state index in [0.717, 1.165) is 28.2 Å². The van der Waals surface area contributed by atoms with E-state index in [4.69, 9.17) is 18.9 Å². The van der Waals surface area contributed by atoms with Gasteiger partial charge in [0, 0.05) is 6.61 Å². The fraction of sp³-hybridized carbons (Fsp3) is 0.308. The Labute approximate surface area is 183 Å². The fourth-order valence-corrected chi connectivity index (χ4v) is 4.19. The van der Waals surface area contributed by atoms with Gasteiger partial charge in [-0.1, -0.05) is 54.6 Å². The van der Waals surface area contributed by atoms with E-state index >= 15 is 0 Å². The molecule has 2 atom stereocenters. The molecule has 0 unspecified atom stereocenters. The van der Waals surface area contributed by atoms with Gasteiger partial charge in [-0.25, -0.2) is 0 Å². The summed E-state index contributed by atoms with van der Waals surface area (Å²) >= 11 is 0. The van der Waals surface area contributed by atoms with Crippen molar-refractivity contribution >= 4 is 0 Å². The monoisotopic (exact) mass is 420 g/mol. The molecule has 1 fully saturated rings. The Hall–Kier alpha value is -2.86. The molecule has 0 radical (unpaired) electrons. The molecule has 0 amide bonds. The molecule has 0 saturated carbocycles. The molecule has 1 aliphatic heterocycles. The highest BCUT2D eigenvalue weighted by molar-refractivity contribution is 5.49. The Morgan fingerprint density at radius 2 is 1.32 bits per heavy atom. The maximum atomic E-state index is 9.84. The van der Waals surface area contributed by atoms with Gasteiger partial charge >= 0.3 is 0 Å². The van der Waals surface area contributed by atoms with Crippen molar-refractivity contribution in [3.05, 3.63) is 95.6 Å². The van der Waals surface area contributed by atoms with Gasteiger partial charge in [-0.15, -0.1) is 0 Å². The lowest BCUT2D eigenvalue weighted by Gasteiger charge is -2.39. The summed E-state index contributed by atoms with van der Waals surface area (Å²) in [5.74, 6) is 1.55. The maximum Gasteiger partial charge on any atom is 0.144 e. The van der Waals surface area contributed by atoms with Crippen LogP contribution in [-0.4, -0.2) is 44.7 Å². The van der Waals surface area contributed by atoms with Gasteiger partial charge in [0.15, 0.2) is 0 Å². The quantitative estimate of drug-likeness (QED) is 0.555. The molecule has 3 aromatic rings. The number of rotatable bonds is 8.